The topological polar surface area (TPSA) is 64.4 Å². The van der Waals surface area contributed by atoms with Gasteiger partial charge in [-0.15, -0.1) is 0 Å². The molecule has 88 valence electrons. The molecule has 1 aliphatic rings. The van der Waals surface area contributed by atoms with Gasteiger partial charge in [0.15, 0.2) is 5.69 Å². The second-order valence-corrected chi connectivity index (χ2v) is 4.14. The normalized spacial score (nSPS) is 22.0. The number of ether oxygens (including phenoxy) is 1. The second-order valence-electron chi connectivity index (χ2n) is 4.14. The van der Waals surface area contributed by atoms with Gasteiger partial charge in [-0.2, -0.15) is 0 Å². The fourth-order valence-electron chi connectivity index (χ4n) is 1.84. The summed E-state index contributed by atoms with van der Waals surface area (Å²) in [7, 11) is 0. The summed E-state index contributed by atoms with van der Waals surface area (Å²) in [4.78, 5) is 11.7. The van der Waals surface area contributed by atoms with Gasteiger partial charge >= 0.3 is 0 Å². The van der Waals surface area contributed by atoms with Crippen LogP contribution in [0.5, 0.6) is 0 Å². The van der Waals surface area contributed by atoms with Crippen LogP contribution in [0.15, 0.2) is 10.6 Å². The number of rotatable bonds is 3. The van der Waals surface area contributed by atoms with E-state index in [0.717, 1.165) is 19.4 Å². The zero-order chi connectivity index (χ0) is 11.5. The van der Waals surface area contributed by atoms with Crippen molar-refractivity contribution in [3.8, 4) is 0 Å². The monoisotopic (exact) mass is 224 g/mol. The van der Waals surface area contributed by atoms with Crippen molar-refractivity contribution >= 4 is 5.91 Å². The first-order valence-corrected chi connectivity index (χ1v) is 5.52. The minimum Gasteiger partial charge on any atom is -0.376 e. The molecule has 2 atom stereocenters. The number of carbonyl (C=O) groups is 1. The predicted octanol–water partition coefficient (Wildman–Crippen LogP) is 1.28. The summed E-state index contributed by atoms with van der Waals surface area (Å²) in [5.74, 6) is 0.426. The standard InChI is InChI=1S/C11H16N2O3/c1-7-6-9(13-16-7)11(14)12-8(2)10-4-3-5-15-10/h6,8,10H,3-5H2,1-2H3,(H,12,14)/t8-,10-/m1/s1. The Bertz CT molecular complexity index is 369. The Balaban J connectivity index is 1.91. The Morgan fingerprint density at radius 3 is 3.06 bits per heavy atom. The number of aryl methyl sites for hydroxylation is 1. The van der Waals surface area contributed by atoms with Gasteiger partial charge in [0.25, 0.3) is 5.91 Å². The number of aromatic nitrogens is 1. The van der Waals surface area contributed by atoms with Gasteiger partial charge in [0.1, 0.15) is 5.76 Å². The summed E-state index contributed by atoms with van der Waals surface area (Å²) in [6, 6.07) is 1.63. The average molecular weight is 224 g/mol. The van der Waals surface area contributed by atoms with E-state index < -0.39 is 0 Å². The van der Waals surface area contributed by atoms with Crippen LogP contribution in [0.25, 0.3) is 0 Å². The summed E-state index contributed by atoms with van der Waals surface area (Å²) in [6.45, 7) is 4.49. The summed E-state index contributed by atoms with van der Waals surface area (Å²) < 4.78 is 10.3. The molecule has 16 heavy (non-hydrogen) atoms. The van der Waals surface area contributed by atoms with E-state index in [4.69, 9.17) is 9.26 Å². The molecule has 0 bridgehead atoms. The molecule has 1 aliphatic heterocycles. The van der Waals surface area contributed by atoms with Crippen molar-refractivity contribution in [2.45, 2.75) is 38.8 Å². The molecule has 1 amide bonds. The van der Waals surface area contributed by atoms with E-state index in [1.54, 1.807) is 13.0 Å². The average Bonchev–Trinajstić information content (AvgIpc) is 2.87. The van der Waals surface area contributed by atoms with Gasteiger partial charge in [-0.05, 0) is 26.7 Å². The fourth-order valence-corrected chi connectivity index (χ4v) is 1.84. The molecule has 0 unspecified atom stereocenters. The lowest BCUT2D eigenvalue weighted by Crippen LogP contribution is -2.40. The van der Waals surface area contributed by atoms with Crippen LogP contribution in [0, 0.1) is 6.92 Å². The van der Waals surface area contributed by atoms with Gasteiger partial charge in [-0.3, -0.25) is 4.79 Å². The van der Waals surface area contributed by atoms with Crippen LogP contribution in [0.1, 0.15) is 36.0 Å². The third kappa shape index (κ3) is 2.41. The van der Waals surface area contributed by atoms with Crippen LogP contribution in [0.4, 0.5) is 0 Å². The summed E-state index contributed by atoms with van der Waals surface area (Å²) in [5.41, 5.74) is 0.322. The van der Waals surface area contributed by atoms with Gasteiger partial charge in [-0.25, -0.2) is 0 Å². The van der Waals surface area contributed by atoms with Crippen LogP contribution < -0.4 is 5.32 Å². The van der Waals surface area contributed by atoms with E-state index in [1.165, 1.54) is 0 Å². The lowest BCUT2D eigenvalue weighted by atomic mass is 10.1. The van der Waals surface area contributed by atoms with Gasteiger partial charge < -0.3 is 14.6 Å². The Hall–Kier alpha value is -1.36. The van der Waals surface area contributed by atoms with E-state index in [2.05, 4.69) is 10.5 Å². The summed E-state index contributed by atoms with van der Waals surface area (Å²) in [5, 5.41) is 6.53. The highest BCUT2D eigenvalue weighted by molar-refractivity contribution is 5.92. The molecule has 1 aromatic rings. The Labute approximate surface area is 94.1 Å². The van der Waals surface area contributed by atoms with E-state index in [1.807, 2.05) is 6.92 Å². The molecule has 1 aromatic heterocycles. The van der Waals surface area contributed by atoms with Crippen molar-refractivity contribution in [3.05, 3.63) is 17.5 Å². The molecule has 2 heterocycles. The van der Waals surface area contributed by atoms with Crippen molar-refractivity contribution in [2.75, 3.05) is 6.61 Å². The van der Waals surface area contributed by atoms with E-state index >= 15 is 0 Å². The largest absolute Gasteiger partial charge is 0.376 e. The van der Waals surface area contributed by atoms with Crippen LogP contribution in [0.3, 0.4) is 0 Å². The number of hydrogen-bond donors (Lipinski definition) is 1. The second kappa shape index (κ2) is 4.65. The van der Waals surface area contributed by atoms with Gasteiger partial charge in [0.05, 0.1) is 12.1 Å². The molecular weight excluding hydrogens is 208 g/mol. The number of carbonyl (C=O) groups excluding carboxylic acids is 1. The van der Waals surface area contributed by atoms with Crippen LogP contribution in [-0.4, -0.2) is 29.8 Å². The molecule has 0 aliphatic carbocycles. The van der Waals surface area contributed by atoms with Crippen molar-refractivity contribution in [1.29, 1.82) is 0 Å². The molecular formula is C11H16N2O3. The highest BCUT2D eigenvalue weighted by Gasteiger charge is 2.24. The number of amides is 1. The molecule has 1 fully saturated rings. The first-order valence-electron chi connectivity index (χ1n) is 5.52. The Morgan fingerprint density at radius 1 is 1.69 bits per heavy atom. The van der Waals surface area contributed by atoms with Gasteiger partial charge in [-0.1, -0.05) is 5.16 Å². The van der Waals surface area contributed by atoms with E-state index in [0.29, 0.717) is 11.5 Å². The molecule has 0 spiro atoms. The maximum Gasteiger partial charge on any atom is 0.273 e. The van der Waals surface area contributed by atoms with Crippen LogP contribution in [0.2, 0.25) is 0 Å². The predicted molar refractivity (Wildman–Crippen MR) is 57.1 cm³/mol. The van der Waals surface area contributed by atoms with Gasteiger partial charge in [0.2, 0.25) is 0 Å². The maximum absolute atomic E-state index is 11.7. The lowest BCUT2D eigenvalue weighted by molar-refractivity contribution is 0.0707. The van der Waals surface area contributed by atoms with Crippen molar-refractivity contribution in [3.63, 3.8) is 0 Å². The number of hydrogen-bond acceptors (Lipinski definition) is 4. The number of nitrogens with one attached hydrogen (secondary N) is 1. The first kappa shape index (κ1) is 11.1. The van der Waals surface area contributed by atoms with Crippen molar-refractivity contribution in [2.24, 2.45) is 0 Å². The maximum atomic E-state index is 11.7. The minimum atomic E-state index is -0.208. The van der Waals surface area contributed by atoms with Crippen LogP contribution in [-0.2, 0) is 4.74 Å². The molecule has 0 saturated carbocycles. The Morgan fingerprint density at radius 2 is 2.50 bits per heavy atom. The van der Waals surface area contributed by atoms with Crippen LogP contribution >= 0.6 is 0 Å². The van der Waals surface area contributed by atoms with Crippen molar-refractivity contribution in [1.82, 2.24) is 10.5 Å². The quantitative estimate of drug-likeness (QED) is 0.840. The minimum absolute atomic E-state index is 0.00649. The molecule has 5 heteroatoms. The third-order valence-electron chi connectivity index (χ3n) is 2.74. The molecule has 2 rings (SSSR count). The highest BCUT2D eigenvalue weighted by atomic mass is 16.5. The summed E-state index contributed by atoms with van der Waals surface area (Å²) >= 11 is 0. The summed E-state index contributed by atoms with van der Waals surface area (Å²) in [6.07, 6.45) is 2.18. The third-order valence-corrected chi connectivity index (χ3v) is 2.74. The zero-order valence-corrected chi connectivity index (χ0v) is 9.53. The van der Waals surface area contributed by atoms with Gasteiger partial charge in [0, 0.05) is 12.7 Å². The number of nitrogens with zero attached hydrogens (tertiary/aromatic N) is 1. The zero-order valence-electron chi connectivity index (χ0n) is 9.53. The first-order chi connectivity index (χ1) is 7.66. The molecule has 5 nitrogen and oxygen atoms in total. The molecule has 1 saturated heterocycles. The van der Waals surface area contributed by atoms with E-state index in [9.17, 15) is 4.79 Å². The lowest BCUT2D eigenvalue weighted by Gasteiger charge is -2.19. The smallest absolute Gasteiger partial charge is 0.273 e. The SMILES string of the molecule is Cc1cc(C(=O)N[C@H](C)[C@H]2CCCO2)no1. The fraction of sp³-hybridized carbons (Fsp3) is 0.636. The Kier molecular flexibility index (Phi) is 3.24. The molecule has 0 aromatic carbocycles. The molecule has 0 radical (unpaired) electrons. The highest BCUT2D eigenvalue weighted by Crippen LogP contribution is 2.15. The molecule has 1 N–H and O–H groups in total. The van der Waals surface area contributed by atoms with E-state index in [-0.39, 0.29) is 18.1 Å². The van der Waals surface area contributed by atoms with Crippen molar-refractivity contribution < 1.29 is 14.1 Å².